The lowest BCUT2D eigenvalue weighted by atomic mass is 10.2. The first-order valence-electron chi connectivity index (χ1n) is 8.30. The van der Waals surface area contributed by atoms with Crippen molar-refractivity contribution in [3.63, 3.8) is 0 Å². The quantitative estimate of drug-likeness (QED) is 0.800. The smallest absolute Gasteiger partial charge is 0.282 e. The summed E-state index contributed by atoms with van der Waals surface area (Å²) in [5, 5.41) is 2.95. The van der Waals surface area contributed by atoms with Gasteiger partial charge in [-0.15, -0.1) is 0 Å². The number of hydrogen-bond donors (Lipinski definition) is 2. The molecule has 0 aliphatic carbocycles. The van der Waals surface area contributed by atoms with Crippen molar-refractivity contribution in [2.24, 2.45) is 0 Å². The van der Waals surface area contributed by atoms with Gasteiger partial charge in [-0.2, -0.15) is 0 Å². The van der Waals surface area contributed by atoms with E-state index in [1.54, 1.807) is 0 Å². The van der Waals surface area contributed by atoms with Crippen LogP contribution >= 0.6 is 15.9 Å². The van der Waals surface area contributed by atoms with Crippen LogP contribution in [0, 0.1) is 0 Å². The normalized spacial score (nSPS) is 18.3. The van der Waals surface area contributed by atoms with E-state index in [1.165, 1.54) is 0 Å². The van der Waals surface area contributed by atoms with Gasteiger partial charge in [0.2, 0.25) is 0 Å². The van der Waals surface area contributed by atoms with Gasteiger partial charge in [0.15, 0.2) is 23.6 Å². The summed E-state index contributed by atoms with van der Waals surface area (Å²) in [6, 6.07) is 15.0. The first kappa shape index (κ1) is 17.8. The van der Waals surface area contributed by atoms with Gasteiger partial charge in [-0.3, -0.25) is 4.79 Å². The van der Waals surface area contributed by atoms with Crippen LogP contribution in [-0.2, 0) is 4.79 Å². The number of amides is 1. The van der Waals surface area contributed by atoms with E-state index in [0.717, 1.165) is 26.6 Å². The van der Waals surface area contributed by atoms with Gasteiger partial charge in [0.1, 0.15) is 13.2 Å². The Morgan fingerprint density at radius 1 is 1.24 bits per heavy atom. The molecule has 6 heteroatoms. The third kappa shape index (κ3) is 4.52. The Morgan fingerprint density at radius 2 is 1.92 bits per heavy atom. The van der Waals surface area contributed by atoms with Crippen LogP contribution < -0.4 is 19.7 Å². The molecule has 0 spiro atoms. The van der Waals surface area contributed by atoms with E-state index in [0.29, 0.717) is 13.2 Å². The molecule has 1 amide bonds. The number of carbonyl (C=O) groups excluding carboxylic acids is 1. The molecule has 3 rings (SSSR count). The zero-order chi connectivity index (χ0) is 17.8. The molecule has 0 saturated carbocycles. The number of halogens is 1. The molecule has 2 aromatic carbocycles. The number of benzene rings is 2. The number of anilines is 1. The van der Waals surface area contributed by atoms with E-state index in [1.807, 2.05) is 62.5 Å². The van der Waals surface area contributed by atoms with E-state index >= 15 is 0 Å². The fourth-order valence-electron chi connectivity index (χ4n) is 2.71. The van der Waals surface area contributed by atoms with Gasteiger partial charge in [0.25, 0.3) is 5.91 Å². The first-order valence-corrected chi connectivity index (χ1v) is 9.09. The molecule has 0 fully saturated rings. The second-order valence-corrected chi connectivity index (χ2v) is 7.18. The minimum atomic E-state index is -0.204. The first-order chi connectivity index (χ1) is 12.0. The standard InChI is InChI=1S/C19H21BrN2O3/c1-13(19(23)21-15-9-7-14(20)8-10-15)22(2)11-16-12-24-17-5-3-4-6-18(17)25-16/h3-10,13,16H,11-12H2,1-2H3,(H,21,23)/p+1/t13-,16+/m0/s1. The predicted molar refractivity (Wildman–Crippen MR) is 100 cm³/mol. The lowest BCUT2D eigenvalue weighted by molar-refractivity contribution is -0.896. The molecule has 1 aliphatic heterocycles. The minimum absolute atomic E-state index is 0.0167. The highest BCUT2D eigenvalue weighted by atomic mass is 79.9. The number of para-hydroxylation sites is 2. The number of quaternary nitrogens is 1. The highest BCUT2D eigenvalue weighted by molar-refractivity contribution is 9.10. The molecule has 132 valence electrons. The Kier molecular flexibility index (Phi) is 5.60. The summed E-state index contributed by atoms with van der Waals surface area (Å²) in [7, 11) is 2.00. The van der Waals surface area contributed by atoms with Crippen LogP contribution in [0.2, 0.25) is 0 Å². The summed E-state index contributed by atoms with van der Waals surface area (Å²) in [5.41, 5.74) is 0.791. The number of nitrogens with one attached hydrogen (secondary N) is 2. The molecule has 1 unspecified atom stereocenters. The fraction of sp³-hybridized carbons (Fsp3) is 0.316. The van der Waals surface area contributed by atoms with Crippen LogP contribution in [-0.4, -0.2) is 38.3 Å². The van der Waals surface area contributed by atoms with Gasteiger partial charge in [-0.1, -0.05) is 28.1 Å². The fourth-order valence-corrected chi connectivity index (χ4v) is 2.97. The molecular formula is C19H22BrN2O3+. The molecule has 1 aliphatic rings. The second kappa shape index (κ2) is 7.89. The largest absolute Gasteiger partial charge is 0.486 e. The van der Waals surface area contributed by atoms with E-state index in [-0.39, 0.29) is 18.1 Å². The Balaban J connectivity index is 1.54. The second-order valence-electron chi connectivity index (χ2n) is 6.27. The highest BCUT2D eigenvalue weighted by Gasteiger charge is 2.28. The van der Waals surface area contributed by atoms with Gasteiger partial charge < -0.3 is 19.7 Å². The number of ether oxygens (including phenoxy) is 2. The highest BCUT2D eigenvalue weighted by Crippen LogP contribution is 2.30. The number of likely N-dealkylation sites (N-methyl/N-ethyl adjacent to an activating group) is 1. The van der Waals surface area contributed by atoms with E-state index < -0.39 is 0 Å². The van der Waals surface area contributed by atoms with E-state index in [9.17, 15) is 4.79 Å². The Labute approximate surface area is 156 Å². The van der Waals surface area contributed by atoms with Crippen molar-refractivity contribution >= 4 is 27.5 Å². The summed E-state index contributed by atoms with van der Waals surface area (Å²) in [6.45, 7) is 3.10. The molecule has 2 aromatic rings. The summed E-state index contributed by atoms with van der Waals surface area (Å²) in [6.07, 6.45) is -0.0715. The van der Waals surface area contributed by atoms with Crippen LogP contribution in [0.15, 0.2) is 53.0 Å². The number of rotatable bonds is 5. The van der Waals surface area contributed by atoms with Crippen molar-refractivity contribution in [2.75, 3.05) is 25.5 Å². The Bertz CT molecular complexity index is 736. The zero-order valence-electron chi connectivity index (χ0n) is 14.3. The van der Waals surface area contributed by atoms with Crippen LogP contribution in [0.3, 0.4) is 0 Å². The molecule has 3 atom stereocenters. The van der Waals surface area contributed by atoms with Gasteiger partial charge in [-0.25, -0.2) is 0 Å². The van der Waals surface area contributed by atoms with Crippen molar-refractivity contribution in [3.8, 4) is 11.5 Å². The molecule has 25 heavy (non-hydrogen) atoms. The zero-order valence-corrected chi connectivity index (χ0v) is 15.9. The molecule has 2 N–H and O–H groups in total. The molecule has 0 bridgehead atoms. The molecule has 5 nitrogen and oxygen atoms in total. The van der Waals surface area contributed by atoms with Crippen molar-refractivity contribution in [3.05, 3.63) is 53.0 Å². The minimum Gasteiger partial charge on any atom is -0.486 e. The summed E-state index contributed by atoms with van der Waals surface area (Å²) >= 11 is 3.39. The molecule has 1 heterocycles. The number of carbonyl (C=O) groups is 1. The van der Waals surface area contributed by atoms with Crippen molar-refractivity contribution in [2.45, 2.75) is 19.1 Å². The molecule has 0 saturated heterocycles. The molecular weight excluding hydrogens is 384 g/mol. The van der Waals surface area contributed by atoms with Gasteiger partial charge in [-0.05, 0) is 43.3 Å². The average molecular weight is 406 g/mol. The lowest BCUT2D eigenvalue weighted by Crippen LogP contribution is -3.15. The van der Waals surface area contributed by atoms with Gasteiger partial charge >= 0.3 is 0 Å². The van der Waals surface area contributed by atoms with Gasteiger partial charge in [0, 0.05) is 10.2 Å². The van der Waals surface area contributed by atoms with Crippen LogP contribution in [0.4, 0.5) is 5.69 Å². The van der Waals surface area contributed by atoms with Crippen molar-refractivity contribution in [1.82, 2.24) is 0 Å². The van der Waals surface area contributed by atoms with Crippen LogP contribution in [0.5, 0.6) is 11.5 Å². The maximum Gasteiger partial charge on any atom is 0.282 e. The average Bonchev–Trinajstić information content (AvgIpc) is 2.62. The molecule has 0 aromatic heterocycles. The van der Waals surface area contributed by atoms with Crippen molar-refractivity contribution < 1.29 is 19.2 Å². The number of hydrogen-bond acceptors (Lipinski definition) is 3. The van der Waals surface area contributed by atoms with Crippen LogP contribution in [0.1, 0.15) is 6.92 Å². The Morgan fingerprint density at radius 3 is 2.64 bits per heavy atom. The van der Waals surface area contributed by atoms with Crippen molar-refractivity contribution in [1.29, 1.82) is 0 Å². The summed E-state index contributed by atoms with van der Waals surface area (Å²) < 4.78 is 12.7. The SMILES string of the molecule is C[C@@H](C(=O)Nc1ccc(Br)cc1)[NH+](C)C[C@@H]1COc2ccccc2O1. The lowest BCUT2D eigenvalue weighted by Gasteiger charge is -2.29. The monoisotopic (exact) mass is 405 g/mol. The van der Waals surface area contributed by atoms with Crippen LogP contribution in [0.25, 0.3) is 0 Å². The topological polar surface area (TPSA) is 52.0 Å². The number of fused-ring (bicyclic) bond motifs is 1. The third-order valence-corrected chi connectivity index (χ3v) is 4.89. The van der Waals surface area contributed by atoms with Gasteiger partial charge in [0.05, 0.1) is 7.05 Å². The van der Waals surface area contributed by atoms with E-state index in [4.69, 9.17) is 9.47 Å². The predicted octanol–water partition coefficient (Wildman–Crippen LogP) is 2.13. The molecule has 0 radical (unpaired) electrons. The third-order valence-electron chi connectivity index (χ3n) is 4.36. The Hall–Kier alpha value is -2.05. The van der Waals surface area contributed by atoms with E-state index in [2.05, 4.69) is 21.2 Å². The maximum absolute atomic E-state index is 12.5. The summed E-state index contributed by atoms with van der Waals surface area (Å²) in [4.78, 5) is 13.5. The maximum atomic E-state index is 12.5. The summed E-state index contributed by atoms with van der Waals surface area (Å²) in [5.74, 6) is 1.52.